The van der Waals surface area contributed by atoms with Crippen LogP contribution in [0.3, 0.4) is 0 Å². The number of fused-ring (bicyclic) bond motifs is 2. The molecule has 0 radical (unpaired) electrons. The Morgan fingerprint density at radius 3 is 2.85 bits per heavy atom. The van der Waals surface area contributed by atoms with Crippen LogP contribution in [0.15, 0.2) is 18.2 Å². The van der Waals surface area contributed by atoms with Crippen molar-refractivity contribution in [1.29, 1.82) is 0 Å². The maximum absolute atomic E-state index is 12.2. The summed E-state index contributed by atoms with van der Waals surface area (Å²) in [7, 11) is 0. The van der Waals surface area contributed by atoms with Gasteiger partial charge in [0.1, 0.15) is 0 Å². The van der Waals surface area contributed by atoms with E-state index in [0.29, 0.717) is 5.56 Å². The summed E-state index contributed by atoms with van der Waals surface area (Å²) in [6, 6.07) is 6.56. The highest BCUT2D eigenvalue weighted by Crippen LogP contribution is 2.47. The monoisotopic (exact) mass is 387 g/mol. The van der Waals surface area contributed by atoms with Gasteiger partial charge in [-0.2, -0.15) is 0 Å². The minimum Gasteiger partial charge on any atom is -0.478 e. The Balaban J connectivity index is 1.90. The maximum Gasteiger partial charge on any atom is 0.337 e. The van der Waals surface area contributed by atoms with Gasteiger partial charge in [0.15, 0.2) is 0 Å². The van der Waals surface area contributed by atoms with Gasteiger partial charge in [-0.05, 0) is 66.2 Å². The van der Waals surface area contributed by atoms with E-state index in [0.717, 1.165) is 54.5 Å². The number of benzene rings is 1. The summed E-state index contributed by atoms with van der Waals surface area (Å²) in [5.41, 5.74) is 5.48. The van der Waals surface area contributed by atoms with Crippen molar-refractivity contribution < 1.29 is 9.90 Å². The standard InChI is InChI=1S/C21H25NO2S2/c1-21(2)10-9-17-15(11-21)18(20(23)24)19(26-17)14-7-3-6-13-12(14)5-4-8-16(13)22-25/h3,6-7,16,22,25H,4-5,8-11H2,1-2H3,(H,23,24)/t16-/m0/s1. The maximum atomic E-state index is 12.2. The number of hydrogen-bond donors (Lipinski definition) is 3. The van der Waals surface area contributed by atoms with Gasteiger partial charge in [-0.3, -0.25) is 4.72 Å². The van der Waals surface area contributed by atoms with E-state index >= 15 is 0 Å². The van der Waals surface area contributed by atoms with Gasteiger partial charge in [0, 0.05) is 15.8 Å². The van der Waals surface area contributed by atoms with Crippen molar-refractivity contribution in [2.45, 2.75) is 58.4 Å². The molecule has 2 N–H and O–H groups in total. The average molecular weight is 388 g/mol. The molecule has 138 valence electrons. The summed E-state index contributed by atoms with van der Waals surface area (Å²) in [6.45, 7) is 4.48. The molecule has 2 aliphatic carbocycles. The molecule has 4 rings (SSSR count). The van der Waals surface area contributed by atoms with Crippen molar-refractivity contribution in [3.05, 3.63) is 45.3 Å². The second-order valence-electron chi connectivity index (χ2n) is 8.30. The molecule has 1 atom stereocenters. The SMILES string of the molecule is CC1(C)CCc2sc(-c3cccc4c3CCC[C@@H]4NS)c(C(=O)O)c2C1. The van der Waals surface area contributed by atoms with Crippen LogP contribution in [0.5, 0.6) is 0 Å². The fraction of sp³-hybridized carbons (Fsp3) is 0.476. The van der Waals surface area contributed by atoms with Crippen LogP contribution in [0.4, 0.5) is 0 Å². The molecule has 3 nitrogen and oxygen atoms in total. The molecule has 1 heterocycles. The zero-order valence-corrected chi connectivity index (χ0v) is 17.0. The molecule has 5 heteroatoms. The van der Waals surface area contributed by atoms with Gasteiger partial charge in [0.2, 0.25) is 0 Å². The third-order valence-corrected chi connectivity index (χ3v) is 7.53. The second kappa shape index (κ2) is 6.70. The number of aromatic carboxylic acids is 1. The van der Waals surface area contributed by atoms with Gasteiger partial charge in [-0.25, -0.2) is 4.79 Å². The number of nitrogens with one attached hydrogen (secondary N) is 1. The van der Waals surface area contributed by atoms with Gasteiger partial charge in [0.25, 0.3) is 0 Å². The first-order valence-corrected chi connectivity index (χ1v) is 10.6. The van der Waals surface area contributed by atoms with Gasteiger partial charge >= 0.3 is 5.97 Å². The smallest absolute Gasteiger partial charge is 0.337 e. The minimum atomic E-state index is -0.785. The number of hydrogen-bond acceptors (Lipinski definition) is 4. The predicted octanol–water partition coefficient (Wildman–Crippen LogP) is 5.44. The van der Waals surface area contributed by atoms with E-state index in [9.17, 15) is 9.90 Å². The van der Waals surface area contributed by atoms with E-state index in [1.165, 1.54) is 16.0 Å². The molecule has 0 unspecified atom stereocenters. The Morgan fingerprint density at radius 2 is 2.12 bits per heavy atom. The van der Waals surface area contributed by atoms with Crippen LogP contribution in [-0.2, 0) is 19.3 Å². The molecular weight excluding hydrogens is 362 g/mol. The Hall–Kier alpha value is -1.30. The van der Waals surface area contributed by atoms with Crippen molar-refractivity contribution in [1.82, 2.24) is 4.72 Å². The van der Waals surface area contributed by atoms with E-state index in [2.05, 4.69) is 49.6 Å². The summed E-state index contributed by atoms with van der Waals surface area (Å²) in [5.74, 6) is -0.785. The minimum absolute atomic E-state index is 0.173. The highest BCUT2D eigenvalue weighted by Gasteiger charge is 2.34. The Kier molecular flexibility index (Phi) is 4.66. The zero-order valence-electron chi connectivity index (χ0n) is 15.3. The Morgan fingerprint density at radius 1 is 1.31 bits per heavy atom. The van der Waals surface area contributed by atoms with E-state index in [1.807, 2.05) is 0 Å². The third kappa shape index (κ3) is 3.00. The summed E-state index contributed by atoms with van der Waals surface area (Å²) >= 11 is 6.00. The van der Waals surface area contributed by atoms with Crippen LogP contribution in [-0.4, -0.2) is 11.1 Å². The molecule has 1 aromatic carbocycles. The molecule has 2 aliphatic rings. The van der Waals surface area contributed by atoms with Crippen molar-refractivity contribution in [2.75, 3.05) is 0 Å². The lowest BCUT2D eigenvalue weighted by Crippen LogP contribution is -2.22. The molecule has 0 saturated heterocycles. The average Bonchev–Trinajstić information content (AvgIpc) is 2.97. The van der Waals surface area contributed by atoms with Crippen LogP contribution in [0, 0.1) is 5.41 Å². The molecule has 0 fully saturated rings. The second-order valence-corrected chi connectivity index (χ2v) is 9.66. The fourth-order valence-electron chi connectivity index (χ4n) is 4.53. The summed E-state index contributed by atoms with van der Waals surface area (Å²) < 4.78 is 3.12. The Labute approximate surface area is 164 Å². The molecular formula is C21H25NO2S2. The number of thiophene rings is 1. The van der Waals surface area contributed by atoms with Crippen LogP contribution in [0.25, 0.3) is 10.4 Å². The number of carboxylic acid groups (broad SMARTS) is 1. The Bertz CT molecular complexity index is 869. The first kappa shape index (κ1) is 18.1. The van der Waals surface area contributed by atoms with Gasteiger partial charge in [-0.15, -0.1) is 11.3 Å². The van der Waals surface area contributed by atoms with E-state index in [1.54, 1.807) is 11.3 Å². The summed E-state index contributed by atoms with van der Waals surface area (Å²) in [4.78, 5) is 14.4. The van der Waals surface area contributed by atoms with Crippen molar-refractivity contribution in [3.8, 4) is 10.4 Å². The van der Waals surface area contributed by atoms with Crippen LogP contribution in [0.1, 0.15) is 71.1 Å². The molecule has 0 spiro atoms. The summed E-state index contributed by atoms with van der Waals surface area (Å²) in [5, 5.41) is 10.0. The molecule has 26 heavy (non-hydrogen) atoms. The third-order valence-electron chi connectivity index (χ3n) is 5.90. The lowest BCUT2D eigenvalue weighted by molar-refractivity contribution is 0.0696. The topological polar surface area (TPSA) is 49.3 Å². The first-order chi connectivity index (χ1) is 12.4. The zero-order chi connectivity index (χ0) is 18.5. The lowest BCUT2D eigenvalue weighted by Gasteiger charge is -2.29. The summed E-state index contributed by atoms with van der Waals surface area (Å²) in [6.07, 6.45) is 6.14. The molecule has 0 saturated carbocycles. The highest BCUT2D eigenvalue weighted by molar-refractivity contribution is 7.78. The molecule has 2 aromatic rings. The van der Waals surface area contributed by atoms with Crippen LogP contribution < -0.4 is 4.72 Å². The van der Waals surface area contributed by atoms with E-state index < -0.39 is 5.97 Å². The van der Waals surface area contributed by atoms with Crippen molar-refractivity contribution >= 4 is 30.1 Å². The van der Waals surface area contributed by atoms with E-state index in [-0.39, 0.29) is 11.5 Å². The number of thiol groups is 1. The van der Waals surface area contributed by atoms with Crippen LogP contribution >= 0.6 is 24.2 Å². The molecule has 0 amide bonds. The fourth-order valence-corrected chi connectivity index (χ4v) is 6.16. The van der Waals surface area contributed by atoms with Crippen LogP contribution in [0.2, 0.25) is 0 Å². The molecule has 0 bridgehead atoms. The number of carboxylic acids is 1. The lowest BCUT2D eigenvalue weighted by atomic mass is 9.75. The van der Waals surface area contributed by atoms with Gasteiger partial charge in [-0.1, -0.05) is 44.9 Å². The largest absolute Gasteiger partial charge is 0.478 e. The number of carbonyl (C=O) groups is 1. The van der Waals surface area contributed by atoms with Crippen molar-refractivity contribution in [2.24, 2.45) is 5.41 Å². The van der Waals surface area contributed by atoms with Gasteiger partial charge in [0.05, 0.1) is 5.56 Å². The first-order valence-electron chi connectivity index (χ1n) is 9.31. The predicted molar refractivity (Wildman–Crippen MR) is 110 cm³/mol. The normalized spacial score (nSPS) is 21.1. The number of aryl methyl sites for hydroxylation is 1. The molecule has 1 aromatic heterocycles. The van der Waals surface area contributed by atoms with Crippen molar-refractivity contribution in [3.63, 3.8) is 0 Å². The van der Waals surface area contributed by atoms with E-state index in [4.69, 9.17) is 0 Å². The number of rotatable bonds is 3. The quantitative estimate of drug-likeness (QED) is 0.615. The molecule has 0 aliphatic heterocycles. The highest BCUT2D eigenvalue weighted by atomic mass is 32.1. The van der Waals surface area contributed by atoms with Gasteiger partial charge < -0.3 is 5.11 Å².